The number of nitrogens with one attached hydrogen (secondary N) is 1. The van der Waals surface area contributed by atoms with Gasteiger partial charge in [-0.05, 0) is 25.0 Å². The Morgan fingerprint density at radius 3 is 3.10 bits per heavy atom. The Morgan fingerprint density at radius 2 is 2.29 bits per heavy atom. The molecule has 8 nitrogen and oxygen atoms in total. The molecule has 3 rings (SSSR count). The number of aromatic nitrogens is 1. The second-order valence-corrected chi connectivity index (χ2v) is 4.83. The molecule has 21 heavy (non-hydrogen) atoms. The van der Waals surface area contributed by atoms with E-state index in [4.69, 9.17) is 14.6 Å². The number of amides is 1. The minimum Gasteiger partial charge on any atom is -0.444 e. The number of rotatable bonds is 4. The number of carbonyl (C=O) groups is 2. The molecular formula is C13H15N3O5. The lowest BCUT2D eigenvalue weighted by molar-refractivity contribution is -0.133. The summed E-state index contributed by atoms with van der Waals surface area (Å²) in [6, 6.07) is 3.37. The van der Waals surface area contributed by atoms with Gasteiger partial charge in [-0.3, -0.25) is 4.90 Å². The van der Waals surface area contributed by atoms with Gasteiger partial charge in [0.2, 0.25) is 5.88 Å². The van der Waals surface area contributed by atoms with Crippen LogP contribution in [0, 0.1) is 0 Å². The van der Waals surface area contributed by atoms with E-state index >= 15 is 0 Å². The van der Waals surface area contributed by atoms with Gasteiger partial charge in [-0.1, -0.05) is 0 Å². The average Bonchev–Trinajstić information content (AvgIpc) is 2.85. The Balaban J connectivity index is 1.76. The molecule has 0 radical (unpaired) electrons. The lowest BCUT2D eigenvalue weighted by atomic mass is 10.2. The van der Waals surface area contributed by atoms with E-state index in [0.717, 1.165) is 0 Å². The predicted octanol–water partition coefficient (Wildman–Crippen LogP) is 0.510. The van der Waals surface area contributed by atoms with Gasteiger partial charge in [0.15, 0.2) is 0 Å². The van der Waals surface area contributed by atoms with Gasteiger partial charge < -0.3 is 19.9 Å². The number of aliphatic hydroxyl groups excluding tert-OH is 1. The number of hydrogen-bond donors (Lipinski definition) is 2. The Bertz CT molecular complexity index is 577. The van der Waals surface area contributed by atoms with Gasteiger partial charge in [0.25, 0.3) is 0 Å². The van der Waals surface area contributed by atoms with Crippen LogP contribution in [-0.4, -0.2) is 48.0 Å². The fraction of sp³-hybridized carbons (Fsp3) is 0.462. The van der Waals surface area contributed by atoms with Gasteiger partial charge in [0.1, 0.15) is 18.5 Å². The monoisotopic (exact) mass is 293 g/mol. The van der Waals surface area contributed by atoms with Crippen molar-refractivity contribution in [2.75, 3.05) is 29.9 Å². The molecule has 1 saturated heterocycles. The molecule has 0 aliphatic carbocycles. The molecule has 1 fully saturated rings. The number of esters is 1. The summed E-state index contributed by atoms with van der Waals surface area (Å²) in [7, 11) is 0. The fourth-order valence-electron chi connectivity index (χ4n) is 2.28. The molecule has 0 aromatic carbocycles. The standard InChI is InChI=1S/C13H15N3O5/c17-5-1-2-8-7-16(13(19)20-8)10-4-3-9-12(15-10)21-11(18)6-14-9/h3-4,8,14,17H,1-2,5-7H2. The quantitative estimate of drug-likeness (QED) is 0.780. The molecule has 3 heterocycles. The zero-order chi connectivity index (χ0) is 14.8. The molecule has 2 aliphatic rings. The molecule has 1 unspecified atom stereocenters. The smallest absolute Gasteiger partial charge is 0.415 e. The fourth-order valence-corrected chi connectivity index (χ4v) is 2.28. The van der Waals surface area contributed by atoms with Crippen molar-refractivity contribution >= 4 is 23.6 Å². The van der Waals surface area contributed by atoms with Crippen molar-refractivity contribution in [1.29, 1.82) is 0 Å². The third-order valence-corrected chi connectivity index (χ3v) is 3.31. The van der Waals surface area contributed by atoms with Crippen molar-refractivity contribution in [3.63, 3.8) is 0 Å². The molecule has 1 amide bonds. The summed E-state index contributed by atoms with van der Waals surface area (Å²) in [5.41, 5.74) is 0.614. The average molecular weight is 293 g/mol. The van der Waals surface area contributed by atoms with Gasteiger partial charge in [-0.15, -0.1) is 0 Å². The summed E-state index contributed by atoms with van der Waals surface area (Å²) >= 11 is 0. The van der Waals surface area contributed by atoms with Gasteiger partial charge in [-0.25, -0.2) is 9.59 Å². The van der Waals surface area contributed by atoms with Gasteiger partial charge in [0.05, 0.1) is 12.2 Å². The molecule has 0 saturated carbocycles. The number of cyclic esters (lactones) is 1. The highest BCUT2D eigenvalue weighted by molar-refractivity contribution is 5.89. The first kappa shape index (κ1) is 13.6. The van der Waals surface area contributed by atoms with Gasteiger partial charge in [-0.2, -0.15) is 4.98 Å². The third-order valence-electron chi connectivity index (χ3n) is 3.31. The number of anilines is 2. The second kappa shape index (κ2) is 5.57. The molecule has 2 aliphatic heterocycles. The molecule has 1 atom stereocenters. The number of nitrogens with zero attached hydrogens (tertiary/aromatic N) is 2. The lowest BCUT2D eigenvalue weighted by Crippen LogP contribution is -2.28. The minimum atomic E-state index is -0.486. The maximum atomic E-state index is 11.9. The lowest BCUT2D eigenvalue weighted by Gasteiger charge is -2.19. The summed E-state index contributed by atoms with van der Waals surface area (Å²) in [5.74, 6) is 0.120. The van der Waals surface area contributed by atoms with E-state index < -0.39 is 12.1 Å². The molecule has 1 aromatic heterocycles. The SMILES string of the molecule is O=C1CNc2ccc(N3CC(CCCO)OC3=O)nc2O1. The van der Waals surface area contributed by atoms with Gasteiger partial charge in [0, 0.05) is 6.61 Å². The zero-order valence-corrected chi connectivity index (χ0v) is 11.2. The Morgan fingerprint density at radius 1 is 1.43 bits per heavy atom. The van der Waals surface area contributed by atoms with Crippen LogP contribution in [0.4, 0.5) is 16.3 Å². The Kier molecular flexibility index (Phi) is 3.61. The highest BCUT2D eigenvalue weighted by atomic mass is 16.6. The normalized spacial score (nSPS) is 20.6. The van der Waals surface area contributed by atoms with Crippen LogP contribution in [0.25, 0.3) is 0 Å². The van der Waals surface area contributed by atoms with Crippen LogP contribution >= 0.6 is 0 Å². The summed E-state index contributed by atoms with van der Waals surface area (Å²) in [5, 5.41) is 11.7. The number of ether oxygens (including phenoxy) is 2. The van der Waals surface area contributed by atoms with E-state index in [1.807, 2.05) is 0 Å². The van der Waals surface area contributed by atoms with Crippen LogP contribution in [0.3, 0.4) is 0 Å². The van der Waals surface area contributed by atoms with Crippen molar-refractivity contribution < 1.29 is 24.2 Å². The molecule has 0 bridgehead atoms. The highest BCUT2D eigenvalue weighted by Gasteiger charge is 2.33. The van der Waals surface area contributed by atoms with E-state index in [0.29, 0.717) is 30.9 Å². The first-order valence-corrected chi connectivity index (χ1v) is 6.72. The first-order chi connectivity index (χ1) is 10.2. The zero-order valence-electron chi connectivity index (χ0n) is 11.2. The number of pyridine rings is 1. The van der Waals surface area contributed by atoms with Crippen LogP contribution in [0.2, 0.25) is 0 Å². The second-order valence-electron chi connectivity index (χ2n) is 4.83. The van der Waals surface area contributed by atoms with E-state index in [1.54, 1.807) is 12.1 Å². The van der Waals surface area contributed by atoms with E-state index in [2.05, 4.69) is 10.3 Å². The predicted molar refractivity (Wildman–Crippen MR) is 72.3 cm³/mol. The molecule has 1 aromatic rings. The Hall–Kier alpha value is -2.35. The van der Waals surface area contributed by atoms with E-state index in [9.17, 15) is 9.59 Å². The van der Waals surface area contributed by atoms with E-state index in [-0.39, 0.29) is 25.1 Å². The molecule has 8 heteroatoms. The van der Waals surface area contributed by atoms with Crippen molar-refractivity contribution in [2.24, 2.45) is 0 Å². The van der Waals surface area contributed by atoms with Gasteiger partial charge >= 0.3 is 12.1 Å². The largest absolute Gasteiger partial charge is 0.444 e. The van der Waals surface area contributed by atoms with Crippen LogP contribution in [-0.2, 0) is 9.53 Å². The topological polar surface area (TPSA) is 101 Å². The van der Waals surface area contributed by atoms with Crippen LogP contribution in [0.1, 0.15) is 12.8 Å². The summed E-state index contributed by atoms with van der Waals surface area (Å²) in [6.45, 7) is 0.530. The van der Waals surface area contributed by atoms with Crippen molar-refractivity contribution in [1.82, 2.24) is 4.98 Å². The first-order valence-electron chi connectivity index (χ1n) is 6.72. The maximum Gasteiger partial charge on any atom is 0.415 e. The molecule has 2 N–H and O–H groups in total. The molecule has 112 valence electrons. The number of carbonyl (C=O) groups excluding carboxylic acids is 2. The van der Waals surface area contributed by atoms with Crippen molar-refractivity contribution in [2.45, 2.75) is 18.9 Å². The Labute approximate surface area is 120 Å². The van der Waals surface area contributed by atoms with E-state index in [1.165, 1.54) is 4.90 Å². The summed E-state index contributed by atoms with van der Waals surface area (Å²) < 4.78 is 10.2. The number of fused-ring (bicyclic) bond motifs is 1. The van der Waals surface area contributed by atoms with Crippen LogP contribution < -0.4 is 15.0 Å². The highest BCUT2D eigenvalue weighted by Crippen LogP contribution is 2.30. The molecule has 0 spiro atoms. The maximum absolute atomic E-state index is 11.9. The third kappa shape index (κ3) is 2.75. The summed E-state index contributed by atoms with van der Waals surface area (Å²) in [4.78, 5) is 28.7. The molecular weight excluding hydrogens is 278 g/mol. The number of aliphatic hydroxyl groups is 1. The summed E-state index contributed by atoms with van der Waals surface area (Å²) in [6.07, 6.45) is 0.425. The van der Waals surface area contributed by atoms with Crippen LogP contribution in [0.15, 0.2) is 12.1 Å². The number of hydrogen-bond acceptors (Lipinski definition) is 7. The van der Waals surface area contributed by atoms with Crippen molar-refractivity contribution in [3.05, 3.63) is 12.1 Å². The minimum absolute atomic E-state index is 0.0623. The van der Waals surface area contributed by atoms with Crippen molar-refractivity contribution in [3.8, 4) is 5.88 Å². The van der Waals surface area contributed by atoms with Crippen LogP contribution in [0.5, 0.6) is 5.88 Å².